The van der Waals surface area contributed by atoms with Crippen molar-refractivity contribution >= 4 is 33.6 Å². The van der Waals surface area contributed by atoms with Crippen LogP contribution in [0.4, 0.5) is 0 Å². The molecule has 1 amide bonds. The van der Waals surface area contributed by atoms with Crippen LogP contribution in [0.5, 0.6) is 0 Å². The number of benzene rings is 1. The van der Waals surface area contributed by atoms with Gasteiger partial charge in [-0.25, -0.2) is 0 Å². The number of fused-ring (bicyclic) bond motifs is 1. The molecular formula is C15H21BrN2OS. The van der Waals surface area contributed by atoms with E-state index in [1.165, 1.54) is 10.5 Å². The Labute approximate surface area is 133 Å². The fourth-order valence-electron chi connectivity index (χ4n) is 2.58. The van der Waals surface area contributed by atoms with E-state index in [-0.39, 0.29) is 17.9 Å². The Morgan fingerprint density at radius 2 is 2.35 bits per heavy atom. The van der Waals surface area contributed by atoms with Crippen LogP contribution in [0.2, 0.25) is 0 Å². The lowest BCUT2D eigenvalue weighted by Gasteiger charge is -2.36. The van der Waals surface area contributed by atoms with Gasteiger partial charge in [-0.15, -0.1) is 11.8 Å². The number of carbonyl (C=O) groups is 1. The predicted octanol–water partition coefficient (Wildman–Crippen LogP) is 3.43. The van der Waals surface area contributed by atoms with E-state index in [1.54, 1.807) is 0 Å². The maximum Gasteiger partial charge on any atom is 0.227 e. The standard InChI is InChI=1S/C15H21BrN2OS/c1-3-18(15(19)10(2)9-17)13-6-7-20-14-5-4-11(16)8-12(13)14/h4-5,8,10,13H,3,6-7,9,17H2,1-2H3. The zero-order valence-corrected chi connectivity index (χ0v) is 14.3. The molecule has 0 aromatic heterocycles. The molecule has 1 aromatic carbocycles. The molecular weight excluding hydrogens is 336 g/mol. The highest BCUT2D eigenvalue weighted by atomic mass is 79.9. The lowest BCUT2D eigenvalue weighted by atomic mass is 10.00. The van der Waals surface area contributed by atoms with Crippen molar-refractivity contribution in [2.24, 2.45) is 11.7 Å². The van der Waals surface area contributed by atoms with E-state index in [9.17, 15) is 4.79 Å². The number of carbonyl (C=O) groups excluding carboxylic acids is 1. The normalized spacial score (nSPS) is 19.3. The molecule has 2 rings (SSSR count). The van der Waals surface area contributed by atoms with Gasteiger partial charge < -0.3 is 10.6 Å². The van der Waals surface area contributed by atoms with Crippen LogP contribution < -0.4 is 5.73 Å². The minimum atomic E-state index is -0.111. The lowest BCUT2D eigenvalue weighted by Crippen LogP contribution is -2.41. The molecule has 0 radical (unpaired) electrons. The smallest absolute Gasteiger partial charge is 0.227 e. The maximum atomic E-state index is 12.5. The SMILES string of the molecule is CCN(C(=O)C(C)CN)C1CCSc2ccc(Br)cc21. The molecule has 110 valence electrons. The molecule has 1 aliphatic heterocycles. The molecule has 2 N–H and O–H groups in total. The van der Waals surface area contributed by atoms with Gasteiger partial charge in [0.25, 0.3) is 0 Å². The number of nitrogens with zero attached hydrogens (tertiary/aromatic N) is 1. The summed E-state index contributed by atoms with van der Waals surface area (Å²) in [4.78, 5) is 15.8. The zero-order chi connectivity index (χ0) is 14.7. The molecule has 0 saturated carbocycles. The number of thioether (sulfide) groups is 1. The molecule has 2 unspecified atom stereocenters. The van der Waals surface area contributed by atoms with Crippen LogP contribution in [0.25, 0.3) is 0 Å². The van der Waals surface area contributed by atoms with E-state index >= 15 is 0 Å². The van der Waals surface area contributed by atoms with Crippen molar-refractivity contribution in [1.82, 2.24) is 4.90 Å². The van der Waals surface area contributed by atoms with Crippen molar-refractivity contribution < 1.29 is 4.79 Å². The van der Waals surface area contributed by atoms with Crippen LogP contribution in [0, 0.1) is 5.92 Å². The van der Waals surface area contributed by atoms with Crippen LogP contribution in [-0.2, 0) is 4.79 Å². The highest BCUT2D eigenvalue weighted by Gasteiger charge is 2.30. The summed E-state index contributed by atoms with van der Waals surface area (Å²) in [5.74, 6) is 1.11. The molecule has 0 bridgehead atoms. The quantitative estimate of drug-likeness (QED) is 0.898. The number of hydrogen-bond donors (Lipinski definition) is 1. The summed E-state index contributed by atoms with van der Waals surface area (Å²) in [7, 11) is 0. The largest absolute Gasteiger partial charge is 0.336 e. The Morgan fingerprint density at radius 1 is 1.60 bits per heavy atom. The molecule has 0 saturated heterocycles. The highest BCUT2D eigenvalue weighted by Crippen LogP contribution is 2.40. The summed E-state index contributed by atoms with van der Waals surface area (Å²) < 4.78 is 1.07. The number of halogens is 1. The third-order valence-corrected chi connectivity index (χ3v) is 5.37. The Morgan fingerprint density at radius 3 is 3.00 bits per heavy atom. The van der Waals surface area contributed by atoms with Gasteiger partial charge in [0.05, 0.1) is 6.04 Å². The van der Waals surface area contributed by atoms with Crippen LogP contribution in [0.1, 0.15) is 31.9 Å². The first-order valence-corrected chi connectivity index (χ1v) is 8.79. The van der Waals surface area contributed by atoms with Gasteiger partial charge in [-0.2, -0.15) is 0 Å². The second kappa shape index (κ2) is 6.96. The van der Waals surface area contributed by atoms with Crippen molar-refractivity contribution in [3.8, 4) is 0 Å². The van der Waals surface area contributed by atoms with Crippen molar-refractivity contribution in [1.29, 1.82) is 0 Å². The molecule has 20 heavy (non-hydrogen) atoms. The minimum absolute atomic E-state index is 0.111. The molecule has 1 heterocycles. The fourth-order valence-corrected chi connectivity index (χ4v) is 4.05. The van der Waals surface area contributed by atoms with Gasteiger partial charge in [0.1, 0.15) is 0 Å². The average molecular weight is 357 g/mol. The van der Waals surface area contributed by atoms with Gasteiger partial charge in [-0.1, -0.05) is 22.9 Å². The van der Waals surface area contributed by atoms with Gasteiger partial charge in [-0.05, 0) is 37.1 Å². The van der Waals surface area contributed by atoms with Crippen LogP contribution in [0.3, 0.4) is 0 Å². The van der Waals surface area contributed by atoms with E-state index in [4.69, 9.17) is 5.73 Å². The van der Waals surface area contributed by atoms with Gasteiger partial charge in [-0.3, -0.25) is 4.79 Å². The monoisotopic (exact) mass is 356 g/mol. The summed E-state index contributed by atoms with van der Waals surface area (Å²) in [6.45, 7) is 5.08. The van der Waals surface area contributed by atoms with Gasteiger partial charge in [0.2, 0.25) is 5.91 Å². The third-order valence-electron chi connectivity index (χ3n) is 3.75. The Kier molecular flexibility index (Phi) is 5.52. The third kappa shape index (κ3) is 3.21. The van der Waals surface area contributed by atoms with Gasteiger partial charge in [0, 0.05) is 34.1 Å². The number of rotatable bonds is 4. The van der Waals surface area contributed by atoms with Crippen LogP contribution in [-0.4, -0.2) is 29.6 Å². The Bertz CT molecular complexity index is 495. The lowest BCUT2D eigenvalue weighted by molar-refractivity contribution is -0.137. The van der Waals surface area contributed by atoms with E-state index < -0.39 is 0 Å². The number of hydrogen-bond acceptors (Lipinski definition) is 3. The topological polar surface area (TPSA) is 46.3 Å². The van der Waals surface area contributed by atoms with E-state index in [0.717, 1.165) is 23.2 Å². The molecule has 0 spiro atoms. The maximum absolute atomic E-state index is 12.5. The molecule has 5 heteroatoms. The van der Waals surface area contributed by atoms with E-state index in [0.29, 0.717) is 6.54 Å². The van der Waals surface area contributed by atoms with Crippen molar-refractivity contribution in [2.45, 2.75) is 31.2 Å². The molecule has 3 nitrogen and oxygen atoms in total. The molecule has 1 aromatic rings. The minimum Gasteiger partial charge on any atom is -0.336 e. The summed E-state index contributed by atoms with van der Waals surface area (Å²) in [6, 6.07) is 6.53. The second-order valence-corrected chi connectivity index (χ2v) is 7.15. The first-order valence-electron chi connectivity index (χ1n) is 7.01. The molecule has 0 fully saturated rings. The zero-order valence-electron chi connectivity index (χ0n) is 11.9. The Hall–Kier alpha value is -0.520. The predicted molar refractivity (Wildman–Crippen MR) is 87.8 cm³/mol. The Balaban J connectivity index is 2.33. The van der Waals surface area contributed by atoms with E-state index in [2.05, 4.69) is 34.1 Å². The van der Waals surface area contributed by atoms with Crippen molar-refractivity contribution in [3.05, 3.63) is 28.2 Å². The number of nitrogens with two attached hydrogens (primary N) is 1. The van der Waals surface area contributed by atoms with Crippen LogP contribution in [0.15, 0.2) is 27.6 Å². The molecule has 2 atom stereocenters. The second-order valence-electron chi connectivity index (χ2n) is 5.10. The van der Waals surface area contributed by atoms with Gasteiger partial charge >= 0.3 is 0 Å². The highest BCUT2D eigenvalue weighted by molar-refractivity contribution is 9.10. The summed E-state index contributed by atoms with van der Waals surface area (Å²) >= 11 is 5.41. The molecule has 1 aliphatic rings. The molecule has 0 aliphatic carbocycles. The summed E-state index contributed by atoms with van der Waals surface area (Å²) in [5, 5.41) is 0. The fraction of sp³-hybridized carbons (Fsp3) is 0.533. The van der Waals surface area contributed by atoms with Crippen molar-refractivity contribution in [3.63, 3.8) is 0 Å². The van der Waals surface area contributed by atoms with Gasteiger partial charge in [0.15, 0.2) is 0 Å². The summed E-state index contributed by atoms with van der Waals surface area (Å²) in [6.07, 6.45) is 1.00. The van der Waals surface area contributed by atoms with Crippen LogP contribution >= 0.6 is 27.7 Å². The first-order chi connectivity index (χ1) is 9.58. The summed E-state index contributed by atoms with van der Waals surface area (Å²) in [5.41, 5.74) is 6.91. The number of amides is 1. The average Bonchev–Trinajstić information content (AvgIpc) is 2.47. The van der Waals surface area contributed by atoms with E-state index in [1.807, 2.05) is 30.5 Å². The van der Waals surface area contributed by atoms with Crippen molar-refractivity contribution in [2.75, 3.05) is 18.8 Å². The first kappa shape index (κ1) is 15.9.